The van der Waals surface area contributed by atoms with Crippen LogP contribution in [-0.2, 0) is 9.22 Å². The van der Waals surface area contributed by atoms with E-state index in [1.54, 1.807) is 6.08 Å². The molecule has 0 aliphatic heterocycles. The number of carbonyl (C=O) groups excluding carboxylic acids is 1. The number of aliphatic hydroxyl groups excluding tert-OH is 1. The Kier molecular flexibility index (Phi) is 11.4. The first-order valence-electron chi connectivity index (χ1n) is 7.69. The zero-order valence-corrected chi connectivity index (χ0v) is 14.0. The highest BCUT2D eigenvalue weighted by molar-refractivity contribution is 6.74. The minimum atomic E-state index is -1.73. The molecule has 0 aliphatic carbocycles. The first-order chi connectivity index (χ1) is 9.67. The highest BCUT2D eigenvalue weighted by Crippen LogP contribution is 2.27. The van der Waals surface area contributed by atoms with Crippen LogP contribution in [0.5, 0.6) is 0 Å². The smallest absolute Gasteiger partial charge is 0.196 e. The lowest BCUT2D eigenvalue weighted by Gasteiger charge is -2.33. The van der Waals surface area contributed by atoms with Gasteiger partial charge < -0.3 is 14.3 Å². The van der Waals surface area contributed by atoms with E-state index in [1.807, 2.05) is 6.08 Å². The van der Waals surface area contributed by atoms with Gasteiger partial charge in [0.25, 0.3) is 0 Å². The molecule has 0 saturated carbocycles. The molecule has 0 rings (SSSR count). The third kappa shape index (κ3) is 7.65. The van der Waals surface area contributed by atoms with Gasteiger partial charge in [-0.15, -0.1) is 6.58 Å². The van der Waals surface area contributed by atoms with E-state index in [4.69, 9.17) is 9.53 Å². The molecule has 0 amide bonds. The second-order valence-electron chi connectivity index (χ2n) is 5.19. The molecule has 0 radical (unpaired) electrons. The van der Waals surface area contributed by atoms with Gasteiger partial charge in [-0.05, 0) is 43.5 Å². The summed E-state index contributed by atoms with van der Waals surface area (Å²) in [6.45, 7) is 8.26. The number of hydrogen-bond donors (Lipinski definition) is 1. The number of allylic oxidation sites excluding steroid dienone is 1. The molecule has 0 aromatic carbocycles. The van der Waals surface area contributed by atoms with Crippen molar-refractivity contribution in [1.82, 2.24) is 0 Å². The van der Waals surface area contributed by atoms with Gasteiger partial charge in [-0.3, -0.25) is 0 Å². The van der Waals surface area contributed by atoms with E-state index >= 15 is 0 Å². The first-order valence-corrected chi connectivity index (χ1v) is 10.2. The number of aliphatic hydroxyl groups is 1. The topological polar surface area (TPSA) is 46.5 Å². The zero-order chi connectivity index (χ0) is 15.3. The minimum absolute atomic E-state index is 0.150. The number of hydrogen-bond acceptors (Lipinski definition) is 3. The fraction of sp³-hybridized carbons (Fsp3) is 0.688. The van der Waals surface area contributed by atoms with E-state index in [0.717, 1.165) is 56.4 Å². The van der Waals surface area contributed by atoms with Crippen LogP contribution in [-0.4, -0.2) is 25.8 Å². The van der Waals surface area contributed by atoms with E-state index in [2.05, 4.69) is 20.4 Å². The second kappa shape index (κ2) is 11.9. The molecule has 0 bridgehead atoms. The average molecular weight is 298 g/mol. The predicted molar refractivity (Wildman–Crippen MR) is 87.5 cm³/mol. The molecule has 1 N–H and O–H groups in total. The second-order valence-corrected chi connectivity index (χ2v) is 9.62. The maximum Gasteiger partial charge on any atom is 0.196 e. The Hall–Kier alpha value is -0.873. The first kappa shape index (κ1) is 19.1. The van der Waals surface area contributed by atoms with Crippen molar-refractivity contribution in [3.8, 4) is 0 Å². The normalized spacial score (nSPS) is 13.5. The Labute approximate surface area is 124 Å². The van der Waals surface area contributed by atoms with Crippen molar-refractivity contribution in [3.63, 3.8) is 0 Å². The quantitative estimate of drug-likeness (QED) is 0.175. The average Bonchev–Trinajstić information content (AvgIpc) is 2.48. The van der Waals surface area contributed by atoms with Gasteiger partial charge in [0.2, 0.25) is 0 Å². The number of rotatable bonds is 13. The van der Waals surface area contributed by atoms with Gasteiger partial charge in [0.15, 0.2) is 8.32 Å². The number of aldehydes is 1. The molecule has 3 nitrogen and oxygen atoms in total. The van der Waals surface area contributed by atoms with Crippen LogP contribution in [0.25, 0.3) is 0 Å². The monoisotopic (exact) mass is 298 g/mol. The molecule has 1 unspecified atom stereocenters. The third-order valence-corrected chi connectivity index (χ3v) is 8.27. The summed E-state index contributed by atoms with van der Waals surface area (Å²) in [5.74, 6) is 0. The number of unbranched alkanes of at least 4 members (excludes halogenated alkanes) is 2. The van der Waals surface area contributed by atoms with E-state index in [1.165, 1.54) is 0 Å². The highest BCUT2D eigenvalue weighted by atomic mass is 28.4. The maximum absolute atomic E-state index is 10.3. The molecule has 1 atom stereocenters. The third-order valence-electron chi connectivity index (χ3n) is 3.82. The van der Waals surface area contributed by atoms with Crippen molar-refractivity contribution in [2.24, 2.45) is 0 Å². The number of carbonyl (C=O) groups is 1. The largest absolute Gasteiger partial charge is 0.516 e. The van der Waals surface area contributed by atoms with Crippen LogP contribution in [0.15, 0.2) is 25.0 Å². The lowest BCUT2D eigenvalue weighted by molar-refractivity contribution is -0.107. The van der Waals surface area contributed by atoms with Gasteiger partial charge >= 0.3 is 0 Å². The summed E-state index contributed by atoms with van der Waals surface area (Å²) >= 11 is 0. The van der Waals surface area contributed by atoms with Crippen LogP contribution in [0.4, 0.5) is 0 Å². The zero-order valence-electron chi connectivity index (χ0n) is 13.0. The molecule has 0 heterocycles. The van der Waals surface area contributed by atoms with Gasteiger partial charge in [-0.2, -0.15) is 0 Å². The summed E-state index contributed by atoms with van der Waals surface area (Å²) in [7, 11) is -1.73. The van der Waals surface area contributed by atoms with Gasteiger partial charge in [-0.25, -0.2) is 0 Å². The van der Waals surface area contributed by atoms with Crippen molar-refractivity contribution < 1.29 is 14.3 Å². The molecule has 4 heteroatoms. The summed E-state index contributed by atoms with van der Waals surface area (Å²) in [6.07, 6.45) is 10.2. The Morgan fingerprint density at radius 2 is 2.00 bits per heavy atom. The molecular weight excluding hydrogens is 268 g/mol. The SMILES string of the molecule is C=CC[Si](CC)(CC)OC(C/C=C/O)CCCCC=O. The summed E-state index contributed by atoms with van der Waals surface area (Å²) in [6, 6.07) is 3.15. The molecule has 0 aromatic rings. The van der Waals surface area contributed by atoms with Crippen LogP contribution in [0.3, 0.4) is 0 Å². The Balaban J connectivity index is 4.56. The fourth-order valence-electron chi connectivity index (χ4n) is 2.41. The van der Waals surface area contributed by atoms with Crippen molar-refractivity contribution in [2.45, 2.75) is 70.2 Å². The minimum Gasteiger partial charge on any atom is -0.516 e. The lowest BCUT2D eigenvalue weighted by atomic mass is 10.1. The Morgan fingerprint density at radius 1 is 1.30 bits per heavy atom. The Bertz CT molecular complexity index is 285. The van der Waals surface area contributed by atoms with Crippen LogP contribution in [0, 0.1) is 0 Å². The standard InChI is InChI=1S/C16H30O3Si/c1-4-15-20(5-2,6-3)19-16(12-10-14-18)11-8-7-9-13-17/h4,10,13-14,16,18H,1,5-9,11-12,15H2,2-3H3/b14-10+. The molecule has 0 spiro atoms. The molecular formula is C16H30O3Si. The fourth-order valence-corrected chi connectivity index (χ4v) is 5.36. The van der Waals surface area contributed by atoms with E-state index in [9.17, 15) is 4.79 Å². The van der Waals surface area contributed by atoms with Crippen LogP contribution >= 0.6 is 0 Å². The predicted octanol–water partition coefficient (Wildman–Crippen LogP) is 4.76. The van der Waals surface area contributed by atoms with Gasteiger partial charge in [-0.1, -0.05) is 26.3 Å². The van der Waals surface area contributed by atoms with Crippen molar-refractivity contribution >= 4 is 14.6 Å². The Morgan fingerprint density at radius 3 is 2.50 bits per heavy atom. The van der Waals surface area contributed by atoms with Crippen molar-refractivity contribution in [2.75, 3.05) is 0 Å². The van der Waals surface area contributed by atoms with Crippen molar-refractivity contribution in [1.29, 1.82) is 0 Å². The maximum atomic E-state index is 10.3. The summed E-state index contributed by atoms with van der Waals surface area (Å²) in [5.41, 5.74) is 0. The van der Waals surface area contributed by atoms with Crippen LogP contribution in [0.2, 0.25) is 18.1 Å². The lowest BCUT2D eigenvalue weighted by Crippen LogP contribution is -2.40. The molecule has 0 saturated heterocycles. The van der Waals surface area contributed by atoms with Gasteiger partial charge in [0.1, 0.15) is 6.29 Å². The highest BCUT2D eigenvalue weighted by Gasteiger charge is 2.32. The molecule has 20 heavy (non-hydrogen) atoms. The van der Waals surface area contributed by atoms with Gasteiger partial charge in [0, 0.05) is 12.5 Å². The van der Waals surface area contributed by atoms with E-state index < -0.39 is 8.32 Å². The van der Waals surface area contributed by atoms with Crippen LogP contribution in [0.1, 0.15) is 46.0 Å². The molecule has 0 fully saturated rings. The molecule has 0 aromatic heterocycles. The van der Waals surface area contributed by atoms with Gasteiger partial charge in [0.05, 0.1) is 6.26 Å². The van der Waals surface area contributed by atoms with Crippen LogP contribution < -0.4 is 0 Å². The summed E-state index contributed by atoms with van der Waals surface area (Å²) in [4.78, 5) is 10.3. The molecule has 0 aliphatic rings. The van der Waals surface area contributed by atoms with E-state index in [-0.39, 0.29) is 6.10 Å². The summed E-state index contributed by atoms with van der Waals surface area (Å²) < 4.78 is 6.48. The molecule has 116 valence electrons. The van der Waals surface area contributed by atoms with E-state index in [0.29, 0.717) is 6.42 Å². The van der Waals surface area contributed by atoms with Crippen molar-refractivity contribution in [3.05, 3.63) is 25.0 Å². The summed E-state index contributed by atoms with van der Waals surface area (Å²) in [5, 5.41) is 8.85.